The lowest BCUT2D eigenvalue weighted by atomic mass is 10.1. The normalized spacial score (nSPS) is 13.0. The number of hydrogen-bond donors (Lipinski definition) is 2. The van der Waals surface area contributed by atoms with Crippen molar-refractivity contribution in [3.8, 4) is 0 Å². The van der Waals surface area contributed by atoms with Crippen LogP contribution in [0.25, 0.3) is 11.0 Å². The lowest BCUT2D eigenvalue weighted by Crippen LogP contribution is -2.10. The minimum Gasteiger partial charge on any atom is -0.384 e. The topological polar surface area (TPSA) is 76.7 Å². The number of nitrogens with one attached hydrogen (secondary N) is 1. The molecule has 1 atom stereocenters. The number of fused-ring (bicyclic) bond motifs is 1. The Morgan fingerprint density at radius 3 is 2.42 bits per heavy atom. The van der Waals surface area contributed by atoms with Gasteiger partial charge in [0.2, 0.25) is 0 Å². The van der Waals surface area contributed by atoms with Crippen LogP contribution < -0.4 is 11.1 Å². The van der Waals surface area contributed by atoms with Gasteiger partial charge in [-0.2, -0.15) is 13.2 Å². The van der Waals surface area contributed by atoms with Crippen molar-refractivity contribution in [1.82, 2.24) is 15.0 Å². The summed E-state index contributed by atoms with van der Waals surface area (Å²) in [6, 6.07) is 8.16. The Kier molecular flexibility index (Phi) is 3.96. The van der Waals surface area contributed by atoms with E-state index in [1.165, 1.54) is 18.5 Å². The summed E-state index contributed by atoms with van der Waals surface area (Å²) in [4.78, 5) is 12.3. The predicted molar refractivity (Wildman–Crippen MR) is 85.2 cm³/mol. The molecule has 24 heavy (non-hydrogen) atoms. The molecular formula is C16H14F3N5. The average Bonchev–Trinajstić information content (AvgIpc) is 2.54. The minimum absolute atomic E-state index is 0.247. The molecule has 5 nitrogen and oxygen atoms in total. The first-order chi connectivity index (χ1) is 11.3. The molecule has 0 saturated carbocycles. The molecule has 2 aromatic heterocycles. The fourth-order valence-electron chi connectivity index (χ4n) is 2.32. The molecule has 0 aliphatic carbocycles. The molecule has 0 spiro atoms. The Bertz CT molecular complexity index is 862. The zero-order valence-electron chi connectivity index (χ0n) is 12.7. The quantitative estimate of drug-likeness (QED) is 0.762. The van der Waals surface area contributed by atoms with E-state index in [4.69, 9.17) is 5.73 Å². The maximum absolute atomic E-state index is 12.6. The van der Waals surface area contributed by atoms with E-state index in [2.05, 4.69) is 20.3 Å². The van der Waals surface area contributed by atoms with E-state index < -0.39 is 11.7 Å². The van der Waals surface area contributed by atoms with E-state index in [-0.39, 0.29) is 6.04 Å². The minimum atomic E-state index is -4.34. The van der Waals surface area contributed by atoms with Gasteiger partial charge in [0.1, 0.15) is 18.0 Å². The molecule has 2 heterocycles. The molecule has 0 fully saturated rings. The van der Waals surface area contributed by atoms with Crippen molar-refractivity contribution in [3.63, 3.8) is 0 Å². The third-order valence-corrected chi connectivity index (χ3v) is 3.61. The number of hydrogen-bond acceptors (Lipinski definition) is 5. The number of pyridine rings is 1. The summed E-state index contributed by atoms with van der Waals surface area (Å²) in [6.45, 7) is 1.83. The van der Waals surface area contributed by atoms with Crippen molar-refractivity contribution in [3.05, 3.63) is 53.9 Å². The highest BCUT2D eigenvalue weighted by atomic mass is 19.4. The maximum atomic E-state index is 12.6. The molecule has 1 unspecified atom stereocenters. The number of nitrogens with two attached hydrogens (primary N) is 1. The zero-order valence-corrected chi connectivity index (χ0v) is 12.7. The SMILES string of the molecule is CC(Nc1ncnc2nc(N)ccc12)c1ccc(C(F)(F)F)cc1. The molecule has 0 aliphatic heterocycles. The second kappa shape index (κ2) is 5.95. The Morgan fingerprint density at radius 2 is 1.75 bits per heavy atom. The molecule has 3 rings (SSSR count). The highest BCUT2D eigenvalue weighted by molar-refractivity contribution is 5.87. The molecule has 0 saturated heterocycles. The molecule has 0 radical (unpaired) electrons. The smallest absolute Gasteiger partial charge is 0.384 e. The van der Waals surface area contributed by atoms with E-state index in [0.717, 1.165) is 12.1 Å². The predicted octanol–water partition coefficient (Wildman–Crippen LogP) is 3.80. The third kappa shape index (κ3) is 3.22. The van der Waals surface area contributed by atoms with E-state index in [9.17, 15) is 13.2 Å². The molecule has 3 N–H and O–H groups in total. The standard InChI is InChI=1S/C16H14F3N5/c1-9(10-2-4-11(5-3-10)16(17,18)19)23-14-12-6-7-13(20)24-15(12)22-8-21-14/h2-9H,1H3,(H3,20,21,22,23,24). The van der Waals surface area contributed by atoms with Gasteiger partial charge in [-0.1, -0.05) is 12.1 Å². The van der Waals surface area contributed by atoms with Crippen LogP contribution >= 0.6 is 0 Å². The van der Waals surface area contributed by atoms with Crippen molar-refractivity contribution in [2.24, 2.45) is 0 Å². The van der Waals surface area contributed by atoms with Crippen molar-refractivity contribution in [2.45, 2.75) is 19.1 Å². The maximum Gasteiger partial charge on any atom is 0.416 e. The van der Waals surface area contributed by atoms with Gasteiger partial charge in [-0.25, -0.2) is 15.0 Å². The number of alkyl halides is 3. The number of anilines is 2. The molecular weight excluding hydrogens is 319 g/mol. The van der Waals surface area contributed by atoms with Gasteiger partial charge < -0.3 is 11.1 Å². The number of aromatic nitrogens is 3. The summed E-state index contributed by atoms with van der Waals surface area (Å²) in [7, 11) is 0. The van der Waals surface area contributed by atoms with Crippen molar-refractivity contribution in [1.29, 1.82) is 0 Å². The summed E-state index contributed by atoms with van der Waals surface area (Å²) < 4.78 is 37.9. The van der Waals surface area contributed by atoms with Gasteiger partial charge in [0.15, 0.2) is 5.65 Å². The fourth-order valence-corrected chi connectivity index (χ4v) is 2.32. The number of halogens is 3. The monoisotopic (exact) mass is 333 g/mol. The van der Waals surface area contributed by atoms with E-state index in [0.29, 0.717) is 28.2 Å². The van der Waals surface area contributed by atoms with Gasteiger partial charge in [-0.3, -0.25) is 0 Å². The number of benzene rings is 1. The van der Waals surface area contributed by atoms with Gasteiger partial charge >= 0.3 is 6.18 Å². The van der Waals surface area contributed by atoms with Gasteiger partial charge in [0.25, 0.3) is 0 Å². The number of rotatable bonds is 3. The number of nitrogen functional groups attached to an aromatic ring is 1. The zero-order chi connectivity index (χ0) is 17.3. The van der Waals surface area contributed by atoms with Gasteiger partial charge in [0, 0.05) is 6.04 Å². The second-order valence-corrected chi connectivity index (χ2v) is 5.32. The van der Waals surface area contributed by atoms with Gasteiger partial charge in [0.05, 0.1) is 10.9 Å². The van der Waals surface area contributed by atoms with Crippen LogP contribution in [0, 0.1) is 0 Å². The van der Waals surface area contributed by atoms with Crippen LogP contribution in [0.15, 0.2) is 42.7 Å². The van der Waals surface area contributed by atoms with Crippen molar-refractivity contribution in [2.75, 3.05) is 11.1 Å². The molecule has 0 aliphatic rings. The van der Waals surface area contributed by atoms with Crippen LogP contribution in [-0.4, -0.2) is 15.0 Å². The van der Waals surface area contributed by atoms with Crippen LogP contribution in [0.5, 0.6) is 0 Å². The van der Waals surface area contributed by atoms with Crippen molar-refractivity contribution < 1.29 is 13.2 Å². The first kappa shape index (κ1) is 16.0. The van der Waals surface area contributed by atoms with Crippen molar-refractivity contribution >= 4 is 22.7 Å². The summed E-state index contributed by atoms with van der Waals surface area (Å²) in [6.07, 6.45) is -2.99. The molecule has 0 bridgehead atoms. The van der Waals surface area contributed by atoms with Crippen LogP contribution in [-0.2, 0) is 6.18 Å². The van der Waals surface area contributed by atoms with E-state index >= 15 is 0 Å². The first-order valence-corrected chi connectivity index (χ1v) is 7.15. The van der Waals surface area contributed by atoms with Crippen LogP contribution in [0.3, 0.4) is 0 Å². The highest BCUT2D eigenvalue weighted by Gasteiger charge is 2.30. The van der Waals surface area contributed by atoms with Crippen LogP contribution in [0.4, 0.5) is 24.8 Å². The highest BCUT2D eigenvalue weighted by Crippen LogP contribution is 2.30. The molecule has 1 aromatic carbocycles. The van der Waals surface area contributed by atoms with Gasteiger partial charge in [-0.15, -0.1) is 0 Å². The summed E-state index contributed by atoms with van der Waals surface area (Å²) in [5.41, 5.74) is 6.11. The summed E-state index contributed by atoms with van der Waals surface area (Å²) in [5.74, 6) is 0.892. The van der Waals surface area contributed by atoms with E-state index in [1.54, 1.807) is 12.1 Å². The largest absolute Gasteiger partial charge is 0.416 e. The van der Waals surface area contributed by atoms with Crippen LogP contribution in [0.1, 0.15) is 24.1 Å². The Labute approximate surface area is 135 Å². The Morgan fingerprint density at radius 1 is 1.04 bits per heavy atom. The molecule has 8 heteroatoms. The van der Waals surface area contributed by atoms with Crippen LogP contribution in [0.2, 0.25) is 0 Å². The van der Waals surface area contributed by atoms with Gasteiger partial charge in [-0.05, 0) is 36.8 Å². The Balaban J connectivity index is 1.86. The summed E-state index contributed by atoms with van der Waals surface area (Å²) in [5, 5.41) is 3.85. The van der Waals surface area contributed by atoms with E-state index in [1.807, 2.05) is 6.92 Å². The molecule has 0 amide bonds. The Hall–Kier alpha value is -2.90. The molecule has 3 aromatic rings. The lowest BCUT2D eigenvalue weighted by molar-refractivity contribution is -0.137. The first-order valence-electron chi connectivity index (χ1n) is 7.15. The number of nitrogens with zero attached hydrogens (tertiary/aromatic N) is 3. The lowest BCUT2D eigenvalue weighted by Gasteiger charge is -2.17. The second-order valence-electron chi connectivity index (χ2n) is 5.32. The fraction of sp³-hybridized carbons (Fsp3) is 0.188. The summed E-state index contributed by atoms with van der Waals surface area (Å²) >= 11 is 0. The average molecular weight is 333 g/mol. The third-order valence-electron chi connectivity index (χ3n) is 3.61. The molecule has 124 valence electrons.